The topological polar surface area (TPSA) is 67.6 Å². The normalized spacial score (nSPS) is 19.2. The lowest BCUT2D eigenvalue weighted by molar-refractivity contribution is -0.127. The Labute approximate surface area is 126 Å². The minimum atomic E-state index is -0.0114. The average molecular weight is 291 g/mol. The molecule has 0 aromatic heterocycles. The minimum Gasteiger partial charge on any atom is -0.492 e. The molecule has 1 heterocycles. The third-order valence-electron chi connectivity index (χ3n) is 3.94. The fourth-order valence-electron chi connectivity index (χ4n) is 2.77. The second kappa shape index (κ2) is 8.00. The molecule has 1 aromatic carbocycles. The van der Waals surface area contributed by atoms with E-state index in [2.05, 4.69) is 10.2 Å². The number of nitrogens with one attached hydrogen (secondary N) is 1. The quantitative estimate of drug-likeness (QED) is 0.824. The average Bonchev–Trinajstić information content (AvgIpc) is 2.55. The van der Waals surface area contributed by atoms with Gasteiger partial charge in [0.05, 0.1) is 6.04 Å². The van der Waals surface area contributed by atoms with Crippen molar-refractivity contribution in [3.8, 4) is 5.75 Å². The van der Waals surface area contributed by atoms with Crippen LogP contribution in [0.1, 0.15) is 24.8 Å². The van der Waals surface area contributed by atoms with Crippen LogP contribution in [0.25, 0.3) is 0 Å². The minimum absolute atomic E-state index is 0.0114. The molecule has 0 spiro atoms. The Morgan fingerprint density at radius 3 is 3.10 bits per heavy atom. The molecule has 1 unspecified atom stereocenters. The van der Waals surface area contributed by atoms with Crippen LogP contribution in [0.15, 0.2) is 24.3 Å². The van der Waals surface area contributed by atoms with Crippen molar-refractivity contribution in [2.75, 3.05) is 26.7 Å². The highest BCUT2D eigenvalue weighted by molar-refractivity contribution is 5.81. The molecule has 5 nitrogen and oxygen atoms in total. The Kier molecular flexibility index (Phi) is 6.02. The molecule has 1 fully saturated rings. The third-order valence-corrected chi connectivity index (χ3v) is 3.94. The Morgan fingerprint density at radius 2 is 2.33 bits per heavy atom. The van der Waals surface area contributed by atoms with Crippen LogP contribution in [0, 0.1) is 0 Å². The van der Waals surface area contributed by atoms with E-state index in [-0.39, 0.29) is 11.9 Å². The van der Waals surface area contributed by atoms with Gasteiger partial charge in [0.15, 0.2) is 0 Å². The molecule has 0 saturated carbocycles. The summed E-state index contributed by atoms with van der Waals surface area (Å²) in [6, 6.07) is 7.82. The van der Waals surface area contributed by atoms with Crippen LogP contribution in [0.3, 0.4) is 0 Å². The van der Waals surface area contributed by atoms with Gasteiger partial charge in [-0.25, -0.2) is 0 Å². The molecule has 5 heteroatoms. The molecule has 1 aromatic rings. The Hall–Kier alpha value is -1.59. The van der Waals surface area contributed by atoms with E-state index < -0.39 is 0 Å². The number of likely N-dealkylation sites (tertiary alicyclic amines) is 1. The fourth-order valence-corrected chi connectivity index (χ4v) is 2.77. The first-order chi connectivity index (χ1) is 10.2. The zero-order valence-electron chi connectivity index (χ0n) is 12.7. The molecule has 116 valence electrons. The van der Waals surface area contributed by atoms with Crippen LogP contribution >= 0.6 is 0 Å². The van der Waals surface area contributed by atoms with Crippen molar-refractivity contribution in [1.29, 1.82) is 0 Å². The number of rotatable bonds is 6. The third kappa shape index (κ3) is 4.44. The summed E-state index contributed by atoms with van der Waals surface area (Å²) in [4.78, 5) is 14.1. The number of carbonyl (C=O) groups is 1. The summed E-state index contributed by atoms with van der Waals surface area (Å²) < 4.78 is 5.78. The van der Waals surface area contributed by atoms with E-state index in [1.807, 2.05) is 24.3 Å². The highest BCUT2D eigenvalue weighted by Gasteiger charge is 2.27. The molecule has 1 atom stereocenters. The summed E-state index contributed by atoms with van der Waals surface area (Å²) in [6.45, 7) is 2.83. The molecule has 2 rings (SSSR count). The number of ether oxygens (including phenoxy) is 1. The SMILES string of the molecule is CNC(=O)C1CCCCN1CCOc1cccc(CN)c1. The molecule has 3 N–H and O–H groups in total. The molecular weight excluding hydrogens is 266 g/mol. The van der Waals surface area contributed by atoms with Crippen molar-refractivity contribution >= 4 is 5.91 Å². The zero-order valence-corrected chi connectivity index (χ0v) is 12.7. The zero-order chi connectivity index (χ0) is 15.1. The number of benzene rings is 1. The highest BCUT2D eigenvalue weighted by atomic mass is 16.5. The van der Waals surface area contributed by atoms with Crippen LogP contribution in [-0.2, 0) is 11.3 Å². The lowest BCUT2D eigenvalue weighted by Crippen LogP contribution is -2.49. The Bertz CT molecular complexity index is 465. The number of likely N-dealkylation sites (N-methyl/N-ethyl adjacent to an activating group) is 1. The number of nitrogens with zero attached hydrogens (tertiary/aromatic N) is 1. The van der Waals surface area contributed by atoms with E-state index in [1.54, 1.807) is 7.05 Å². The van der Waals surface area contributed by atoms with E-state index in [4.69, 9.17) is 10.5 Å². The standard InChI is InChI=1S/C16H25N3O2/c1-18-16(20)15-7-2-3-8-19(15)9-10-21-14-6-4-5-13(11-14)12-17/h4-6,11,15H,2-3,7-10,12,17H2,1H3,(H,18,20). The van der Waals surface area contributed by atoms with Crippen LogP contribution in [-0.4, -0.2) is 43.6 Å². The number of piperidine rings is 1. The second-order valence-electron chi connectivity index (χ2n) is 5.36. The molecule has 1 saturated heterocycles. The van der Waals surface area contributed by atoms with Crippen molar-refractivity contribution < 1.29 is 9.53 Å². The van der Waals surface area contributed by atoms with Crippen molar-refractivity contribution in [3.63, 3.8) is 0 Å². The number of carbonyl (C=O) groups excluding carboxylic acids is 1. The Morgan fingerprint density at radius 1 is 1.48 bits per heavy atom. The van der Waals surface area contributed by atoms with Gasteiger partial charge < -0.3 is 15.8 Å². The van der Waals surface area contributed by atoms with Gasteiger partial charge in [-0.15, -0.1) is 0 Å². The maximum absolute atomic E-state index is 11.9. The van der Waals surface area contributed by atoms with E-state index in [9.17, 15) is 4.79 Å². The van der Waals surface area contributed by atoms with Gasteiger partial charge in [0, 0.05) is 20.1 Å². The monoisotopic (exact) mass is 291 g/mol. The van der Waals surface area contributed by atoms with E-state index >= 15 is 0 Å². The Balaban J connectivity index is 1.84. The molecule has 0 aliphatic carbocycles. The van der Waals surface area contributed by atoms with Crippen molar-refractivity contribution in [2.24, 2.45) is 5.73 Å². The van der Waals surface area contributed by atoms with Crippen molar-refractivity contribution in [3.05, 3.63) is 29.8 Å². The molecule has 21 heavy (non-hydrogen) atoms. The first-order valence-corrected chi connectivity index (χ1v) is 7.62. The van der Waals surface area contributed by atoms with Gasteiger partial charge in [-0.1, -0.05) is 18.6 Å². The summed E-state index contributed by atoms with van der Waals surface area (Å²) in [5.74, 6) is 0.950. The first-order valence-electron chi connectivity index (χ1n) is 7.62. The fraction of sp³-hybridized carbons (Fsp3) is 0.562. The van der Waals surface area contributed by atoms with Gasteiger partial charge in [-0.2, -0.15) is 0 Å². The smallest absolute Gasteiger partial charge is 0.237 e. The molecular formula is C16H25N3O2. The van der Waals surface area contributed by atoms with Crippen LogP contribution in [0.5, 0.6) is 5.75 Å². The predicted molar refractivity (Wildman–Crippen MR) is 83.1 cm³/mol. The van der Waals surface area contributed by atoms with Crippen LogP contribution in [0.2, 0.25) is 0 Å². The van der Waals surface area contributed by atoms with Crippen molar-refractivity contribution in [2.45, 2.75) is 31.8 Å². The van der Waals surface area contributed by atoms with Crippen LogP contribution in [0.4, 0.5) is 0 Å². The van der Waals surface area contributed by atoms with Gasteiger partial charge in [0.2, 0.25) is 5.91 Å². The number of nitrogens with two attached hydrogens (primary N) is 1. The van der Waals surface area contributed by atoms with Gasteiger partial charge >= 0.3 is 0 Å². The van der Waals surface area contributed by atoms with Gasteiger partial charge in [-0.3, -0.25) is 9.69 Å². The number of hydrogen-bond donors (Lipinski definition) is 2. The number of hydrogen-bond acceptors (Lipinski definition) is 4. The van der Waals surface area contributed by atoms with E-state index in [0.29, 0.717) is 13.2 Å². The second-order valence-corrected chi connectivity index (χ2v) is 5.36. The van der Waals surface area contributed by atoms with Crippen LogP contribution < -0.4 is 15.8 Å². The molecule has 0 bridgehead atoms. The van der Waals surface area contributed by atoms with Crippen molar-refractivity contribution in [1.82, 2.24) is 10.2 Å². The van der Waals surface area contributed by atoms with Gasteiger partial charge in [-0.05, 0) is 37.1 Å². The van der Waals surface area contributed by atoms with Gasteiger partial charge in [0.1, 0.15) is 12.4 Å². The van der Waals surface area contributed by atoms with E-state index in [0.717, 1.165) is 43.7 Å². The summed E-state index contributed by atoms with van der Waals surface area (Å²) in [7, 11) is 1.70. The maximum Gasteiger partial charge on any atom is 0.237 e. The largest absolute Gasteiger partial charge is 0.492 e. The number of amides is 1. The van der Waals surface area contributed by atoms with Gasteiger partial charge in [0.25, 0.3) is 0 Å². The maximum atomic E-state index is 11.9. The molecule has 1 aliphatic rings. The van der Waals surface area contributed by atoms with E-state index in [1.165, 1.54) is 0 Å². The molecule has 1 aliphatic heterocycles. The first kappa shape index (κ1) is 15.8. The summed E-state index contributed by atoms with van der Waals surface area (Å²) in [5, 5.41) is 2.75. The highest BCUT2D eigenvalue weighted by Crippen LogP contribution is 2.17. The summed E-state index contributed by atoms with van der Waals surface area (Å²) >= 11 is 0. The lowest BCUT2D eigenvalue weighted by Gasteiger charge is -2.34. The summed E-state index contributed by atoms with van der Waals surface area (Å²) in [6.07, 6.45) is 3.20. The molecule has 1 amide bonds. The predicted octanol–water partition coefficient (Wildman–Crippen LogP) is 1.12. The molecule has 0 radical (unpaired) electrons. The summed E-state index contributed by atoms with van der Waals surface area (Å²) in [5.41, 5.74) is 6.69. The lowest BCUT2D eigenvalue weighted by atomic mass is 10.0.